The number of fused-ring (bicyclic) bond motifs is 2. The molecular weight excluding hydrogens is 671 g/mol. The van der Waals surface area contributed by atoms with Crippen molar-refractivity contribution in [1.82, 2.24) is 9.88 Å². The van der Waals surface area contributed by atoms with Crippen LogP contribution in [-0.2, 0) is 27.3 Å². The van der Waals surface area contributed by atoms with E-state index in [2.05, 4.69) is 42.5 Å². The van der Waals surface area contributed by atoms with Gasteiger partial charge in [-0.2, -0.15) is 0 Å². The number of nitrogens with one attached hydrogen (secondary N) is 2. The number of aliphatic hydroxyl groups excluding tert-OH is 1. The molecule has 0 saturated carbocycles. The number of anilines is 1. The minimum Gasteiger partial charge on any atom is -0.497 e. The zero-order valence-corrected chi connectivity index (χ0v) is 31.6. The van der Waals surface area contributed by atoms with E-state index in [4.69, 9.17) is 14.2 Å². The summed E-state index contributed by atoms with van der Waals surface area (Å²) in [5.74, 6) is 1.19. The number of carbonyl (C=O) groups excluding carboxylic acids is 2. The molecule has 1 unspecified atom stereocenters. The van der Waals surface area contributed by atoms with Gasteiger partial charge in [-0.3, -0.25) is 9.59 Å². The molecule has 52 heavy (non-hydrogen) atoms. The van der Waals surface area contributed by atoms with Crippen LogP contribution in [0, 0.1) is 5.92 Å². The lowest BCUT2D eigenvalue weighted by Crippen LogP contribution is -2.55. The Hall–Kier alpha value is -4.90. The highest BCUT2D eigenvalue weighted by Gasteiger charge is 2.48. The number of aliphatic hydroxyl groups is 1. The SMILES string of the molecule is COc1ccc([Si](C)(C)C(CC(=O)N(CCO)Cc2ccccc2)[C@H]2Oc3ccc(NC(=O)Cc4c[nH]c5ccccc45)cc3[C@@H](OC)[C@@H]2C)cc1. The molecule has 0 fully saturated rings. The van der Waals surface area contributed by atoms with Crippen molar-refractivity contribution in [3.63, 3.8) is 0 Å². The molecule has 2 heterocycles. The third-order valence-corrected chi connectivity index (χ3v) is 14.8. The number of ether oxygens (including phenoxy) is 3. The molecule has 9 nitrogen and oxygen atoms in total. The number of H-pyrrole nitrogens is 1. The second-order valence-electron chi connectivity index (χ2n) is 14.2. The third kappa shape index (κ3) is 7.94. The van der Waals surface area contributed by atoms with E-state index in [9.17, 15) is 14.7 Å². The van der Waals surface area contributed by atoms with Crippen molar-refractivity contribution in [2.45, 2.75) is 57.2 Å². The van der Waals surface area contributed by atoms with Gasteiger partial charge in [-0.1, -0.05) is 85.9 Å². The number of benzene rings is 4. The van der Waals surface area contributed by atoms with Crippen LogP contribution >= 0.6 is 0 Å². The van der Waals surface area contributed by atoms with Gasteiger partial charge in [0.25, 0.3) is 0 Å². The Kier molecular flexibility index (Phi) is 11.5. The van der Waals surface area contributed by atoms with Crippen molar-refractivity contribution in [1.29, 1.82) is 0 Å². The Labute approximate surface area is 306 Å². The van der Waals surface area contributed by atoms with Crippen LogP contribution in [0.3, 0.4) is 0 Å². The van der Waals surface area contributed by atoms with Gasteiger partial charge in [0.2, 0.25) is 11.8 Å². The van der Waals surface area contributed by atoms with Crippen LogP contribution in [0.2, 0.25) is 18.6 Å². The molecule has 1 aliphatic heterocycles. The van der Waals surface area contributed by atoms with Gasteiger partial charge in [-0.05, 0) is 47.5 Å². The lowest BCUT2D eigenvalue weighted by molar-refractivity contribution is -0.133. The zero-order chi connectivity index (χ0) is 36.8. The summed E-state index contributed by atoms with van der Waals surface area (Å²) in [5.41, 5.74) is 4.31. The average molecular weight is 720 g/mol. The van der Waals surface area contributed by atoms with Gasteiger partial charge in [-0.25, -0.2) is 0 Å². The third-order valence-electron chi connectivity index (χ3n) is 10.6. The van der Waals surface area contributed by atoms with Crippen molar-refractivity contribution >= 4 is 41.7 Å². The molecule has 6 rings (SSSR count). The first kappa shape index (κ1) is 36.9. The van der Waals surface area contributed by atoms with Crippen molar-refractivity contribution in [3.05, 3.63) is 120 Å². The molecule has 4 atom stereocenters. The first-order valence-corrected chi connectivity index (χ1v) is 21.0. The van der Waals surface area contributed by atoms with E-state index in [1.165, 1.54) is 5.19 Å². The number of hydrogen-bond acceptors (Lipinski definition) is 6. The van der Waals surface area contributed by atoms with Gasteiger partial charge in [-0.15, -0.1) is 0 Å². The molecule has 0 aliphatic carbocycles. The fourth-order valence-electron chi connectivity index (χ4n) is 7.66. The first-order valence-electron chi connectivity index (χ1n) is 17.9. The molecule has 10 heteroatoms. The maximum atomic E-state index is 14.3. The lowest BCUT2D eigenvalue weighted by Gasteiger charge is -2.46. The number of carbonyl (C=O) groups is 2. The van der Waals surface area contributed by atoms with Crippen LogP contribution in [0.4, 0.5) is 5.69 Å². The van der Waals surface area contributed by atoms with Gasteiger partial charge in [0, 0.05) is 66.4 Å². The molecular formula is C42H49N3O6Si. The molecule has 0 saturated heterocycles. The van der Waals surface area contributed by atoms with Gasteiger partial charge in [0.05, 0.1) is 34.3 Å². The quantitative estimate of drug-likeness (QED) is 0.108. The largest absolute Gasteiger partial charge is 0.497 e. The van der Waals surface area contributed by atoms with E-state index in [1.807, 2.05) is 91.1 Å². The maximum absolute atomic E-state index is 14.3. The fraction of sp³-hybridized carbons (Fsp3) is 0.333. The van der Waals surface area contributed by atoms with Gasteiger partial charge >= 0.3 is 0 Å². The Morgan fingerprint density at radius 2 is 1.71 bits per heavy atom. The molecule has 5 aromatic rings. The number of amides is 2. The number of aromatic amines is 1. The predicted octanol–water partition coefficient (Wildman–Crippen LogP) is 6.84. The van der Waals surface area contributed by atoms with Gasteiger partial charge < -0.3 is 34.5 Å². The smallest absolute Gasteiger partial charge is 0.228 e. The maximum Gasteiger partial charge on any atom is 0.228 e. The molecule has 0 spiro atoms. The Morgan fingerprint density at radius 3 is 2.42 bits per heavy atom. The second-order valence-corrected chi connectivity index (χ2v) is 19.0. The Bertz CT molecular complexity index is 1980. The number of rotatable bonds is 14. The van der Waals surface area contributed by atoms with Crippen molar-refractivity contribution in [3.8, 4) is 11.5 Å². The van der Waals surface area contributed by atoms with Crippen molar-refractivity contribution in [2.75, 3.05) is 32.7 Å². The summed E-state index contributed by atoms with van der Waals surface area (Å²) >= 11 is 0. The summed E-state index contributed by atoms with van der Waals surface area (Å²) in [4.78, 5) is 32.5. The first-order chi connectivity index (χ1) is 25.1. The van der Waals surface area contributed by atoms with Crippen LogP contribution < -0.4 is 20.0 Å². The summed E-state index contributed by atoms with van der Waals surface area (Å²) in [6.07, 6.45) is 1.69. The average Bonchev–Trinajstić information content (AvgIpc) is 3.56. The molecule has 3 N–H and O–H groups in total. The number of methoxy groups -OCH3 is 2. The lowest BCUT2D eigenvalue weighted by atomic mass is 9.86. The van der Waals surface area contributed by atoms with E-state index in [0.29, 0.717) is 18.0 Å². The highest BCUT2D eigenvalue weighted by Crippen LogP contribution is 2.48. The second kappa shape index (κ2) is 16.2. The number of aromatic nitrogens is 1. The molecule has 4 aromatic carbocycles. The van der Waals surface area contributed by atoms with Gasteiger partial charge in [0.15, 0.2) is 0 Å². The van der Waals surface area contributed by atoms with Crippen LogP contribution in [0.15, 0.2) is 103 Å². The number of para-hydroxylation sites is 1. The summed E-state index contributed by atoms with van der Waals surface area (Å²) in [7, 11) is 0.903. The normalized spacial score (nSPS) is 17.5. The highest BCUT2D eigenvalue weighted by molar-refractivity contribution is 6.91. The van der Waals surface area contributed by atoms with Crippen LogP contribution in [0.1, 0.15) is 36.1 Å². The summed E-state index contributed by atoms with van der Waals surface area (Å²) in [6.45, 7) is 7.23. The minimum atomic E-state index is -2.45. The molecule has 1 aromatic heterocycles. The number of hydrogen-bond donors (Lipinski definition) is 3. The monoisotopic (exact) mass is 719 g/mol. The van der Waals surface area contributed by atoms with E-state index >= 15 is 0 Å². The van der Waals surface area contributed by atoms with Crippen molar-refractivity contribution in [2.24, 2.45) is 5.92 Å². The summed E-state index contributed by atoms with van der Waals surface area (Å²) in [6, 6.07) is 31.7. The summed E-state index contributed by atoms with van der Waals surface area (Å²) < 4.78 is 18.6. The molecule has 0 bridgehead atoms. The van der Waals surface area contributed by atoms with E-state index in [-0.39, 0.29) is 61.5 Å². The van der Waals surface area contributed by atoms with E-state index in [1.54, 1.807) is 19.1 Å². The van der Waals surface area contributed by atoms with E-state index < -0.39 is 8.07 Å². The minimum absolute atomic E-state index is 0.0270. The van der Waals surface area contributed by atoms with Crippen molar-refractivity contribution < 1.29 is 28.9 Å². The summed E-state index contributed by atoms with van der Waals surface area (Å²) in [5, 5.41) is 15.3. The molecule has 1 aliphatic rings. The Morgan fingerprint density at radius 1 is 0.981 bits per heavy atom. The van der Waals surface area contributed by atoms with Crippen LogP contribution in [-0.4, -0.2) is 68.4 Å². The van der Waals surface area contributed by atoms with Gasteiger partial charge in [0.1, 0.15) is 17.6 Å². The fourth-order valence-corrected chi connectivity index (χ4v) is 11.0. The van der Waals surface area contributed by atoms with Crippen LogP contribution in [0.5, 0.6) is 11.5 Å². The molecule has 272 valence electrons. The van der Waals surface area contributed by atoms with E-state index in [0.717, 1.165) is 33.3 Å². The highest BCUT2D eigenvalue weighted by atomic mass is 28.3. The number of nitrogens with zero attached hydrogens (tertiary/aromatic N) is 1. The predicted molar refractivity (Wildman–Crippen MR) is 208 cm³/mol. The molecule has 0 radical (unpaired) electrons. The zero-order valence-electron chi connectivity index (χ0n) is 30.6. The standard InChI is InChI=1S/C42H49N3O6Si/c1-28-41(50-3)35-24-31(44-39(47)23-30-26-43-36-14-10-9-13-34(30)36)15-20-37(35)51-42(28)38(52(4,5)33-18-16-32(49-2)17-19-33)25-40(48)45(21-22-46)27-29-11-7-6-8-12-29/h6-20,24,26,28,38,41-43,46H,21-23,25,27H2,1-5H3,(H,44,47)/t28-,38?,41-,42-/m0/s1. The van der Waals surface area contributed by atoms with Crippen LogP contribution in [0.25, 0.3) is 10.9 Å². The topological polar surface area (TPSA) is 113 Å². The Balaban J connectivity index is 1.28. The molecule has 2 amide bonds.